The first kappa shape index (κ1) is 11.1. The van der Waals surface area contributed by atoms with Gasteiger partial charge < -0.3 is 4.90 Å². The molecule has 1 aliphatic heterocycles. The second-order valence-corrected chi connectivity index (χ2v) is 5.97. The summed E-state index contributed by atoms with van der Waals surface area (Å²) >= 11 is 0. The van der Waals surface area contributed by atoms with Gasteiger partial charge in [-0.1, -0.05) is 0 Å². The summed E-state index contributed by atoms with van der Waals surface area (Å²) in [5.74, 6) is 0.856. The maximum atomic E-state index is 11.4. The molecule has 1 rings (SSSR count). The first-order valence-corrected chi connectivity index (χ1v) is 6.22. The zero-order chi connectivity index (χ0) is 9.84. The van der Waals surface area contributed by atoms with Gasteiger partial charge in [0.2, 0.25) is 0 Å². The van der Waals surface area contributed by atoms with E-state index in [2.05, 4.69) is 30.8 Å². The molecule has 1 fully saturated rings. The van der Waals surface area contributed by atoms with Crippen LogP contribution >= 0.6 is 0 Å². The Morgan fingerprint density at radius 1 is 1.54 bits per heavy atom. The molecule has 4 heteroatoms. The van der Waals surface area contributed by atoms with Crippen LogP contribution in [0.4, 0.5) is 0 Å². The molecule has 3 nitrogen and oxygen atoms in total. The maximum Gasteiger partial charge on any atom is 0.0447 e. The zero-order valence-electron chi connectivity index (χ0n) is 8.82. The van der Waals surface area contributed by atoms with Crippen LogP contribution in [-0.2, 0) is 10.8 Å². The van der Waals surface area contributed by atoms with Gasteiger partial charge in [0.15, 0.2) is 0 Å². The van der Waals surface area contributed by atoms with Gasteiger partial charge in [0, 0.05) is 48.0 Å². The van der Waals surface area contributed by atoms with E-state index in [9.17, 15) is 4.21 Å². The van der Waals surface area contributed by atoms with Crippen LogP contribution in [-0.4, -0.2) is 65.3 Å². The van der Waals surface area contributed by atoms with Gasteiger partial charge in [-0.15, -0.1) is 0 Å². The van der Waals surface area contributed by atoms with Gasteiger partial charge in [0.05, 0.1) is 0 Å². The summed E-state index contributed by atoms with van der Waals surface area (Å²) in [6.45, 7) is 6.29. The normalized spacial score (nSPS) is 31.1. The van der Waals surface area contributed by atoms with Gasteiger partial charge in [-0.05, 0) is 21.0 Å². The van der Waals surface area contributed by atoms with E-state index >= 15 is 0 Å². The minimum Gasteiger partial charge on any atom is -0.308 e. The lowest BCUT2D eigenvalue weighted by molar-refractivity contribution is 0.247. The lowest BCUT2D eigenvalue weighted by atomic mass is 10.3. The van der Waals surface area contributed by atoms with E-state index < -0.39 is 10.8 Å². The number of nitrogens with zero attached hydrogens (tertiary/aromatic N) is 2. The Bertz CT molecular complexity index is 184. The zero-order valence-corrected chi connectivity index (χ0v) is 9.64. The largest absolute Gasteiger partial charge is 0.308 e. The van der Waals surface area contributed by atoms with Crippen LogP contribution in [0, 0.1) is 0 Å². The molecule has 0 radical (unpaired) electrons. The highest BCUT2D eigenvalue weighted by Gasteiger charge is 2.21. The van der Waals surface area contributed by atoms with Crippen LogP contribution in [0.25, 0.3) is 0 Å². The minimum atomic E-state index is -0.575. The molecule has 0 amide bonds. The van der Waals surface area contributed by atoms with Crippen LogP contribution in [0.2, 0.25) is 0 Å². The summed E-state index contributed by atoms with van der Waals surface area (Å²) in [5, 5.41) is 0.357. The Hall–Kier alpha value is 0.0700. The van der Waals surface area contributed by atoms with Gasteiger partial charge in [-0.3, -0.25) is 9.11 Å². The predicted molar refractivity (Wildman–Crippen MR) is 57.5 cm³/mol. The summed E-state index contributed by atoms with van der Waals surface area (Å²) in [5.41, 5.74) is 0. The third-order valence-corrected chi connectivity index (χ3v) is 4.07. The summed E-state index contributed by atoms with van der Waals surface area (Å²) in [6, 6.07) is 0. The van der Waals surface area contributed by atoms with Crippen molar-refractivity contribution in [3.05, 3.63) is 0 Å². The van der Waals surface area contributed by atoms with Crippen molar-refractivity contribution in [3.63, 3.8) is 0 Å². The van der Waals surface area contributed by atoms with Gasteiger partial charge in [0.25, 0.3) is 0 Å². The highest BCUT2D eigenvalue weighted by molar-refractivity contribution is 7.85. The van der Waals surface area contributed by atoms with E-state index in [-0.39, 0.29) is 0 Å². The van der Waals surface area contributed by atoms with Crippen molar-refractivity contribution in [1.29, 1.82) is 0 Å². The van der Waals surface area contributed by atoms with Crippen molar-refractivity contribution in [3.8, 4) is 0 Å². The molecule has 0 aromatic carbocycles. The summed E-state index contributed by atoms with van der Waals surface area (Å²) in [4.78, 5) is 4.60. The van der Waals surface area contributed by atoms with E-state index in [0.717, 1.165) is 31.9 Å². The highest BCUT2D eigenvalue weighted by Crippen LogP contribution is 2.07. The molecule has 0 bridgehead atoms. The second kappa shape index (κ2) is 5.08. The maximum absolute atomic E-state index is 11.4. The molecule has 1 aliphatic rings. The molecular formula is C9H20N2OS. The average Bonchev–Trinajstić information content (AvgIpc) is 2.07. The smallest absolute Gasteiger partial charge is 0.0447 e. The lowest BCUT2D eigenvalue weighted by Crippen LogP contribution is -2.45. The Labute approximate surface area is 83.5 Å². The quantitative estimate of drug-likeness (QED) is 0.646. The standard InChI is InChI=1S/C9H20N2OS/c1-9-8-11(5-4-10(2)3)6-7-13(9)12/h9H,4-8H2,1-3H3. The first-order valence-electron chi connectivity index (χ1n) is 4.84. The van der Waals surface area contributed by atoms with Gasteiger partial charge in [0.1, 0.15) is 0 Å². The van der Waals surface area contributed by atoms with Crippen molar-refractivity contribution in [2.75, 3.05) is 46.0 Å². The van der Waals surface area contributed by atoms with Crippen LogP contribution in [0.5, 0.6) is 0 Å². The van der Waals surface area contributed by atoms with Gasteiger partial charge in [-0.25, -0.2) is 0 Å². The Balaban J connectivity index is 2.25. The molecule has 0 aromatic rings. The van der Waals surface area contributed by atoms with Crippen molar-refractivity contribution in [2.45, 2.75) is 12.2 Å². The molecule has 1 saturated heterocycles. The predicted octanol–water partition coefficient (Wildman–Crippen LogP) is 0.000800. The van der Waals surface area contributed by atoms with Crippen molar-refractivity contribution >= 4 is 10.8 Å². The van der Waals surface area contributed by atoms with Crippen molar-refractivity contribution in [2.24, 2.45) is 0 Å². The number of hydrogen-bond donors (Lipinski definition) is 0. The monoisotopic (exact) mass is 204 g/mol. The first-order chi connectivity index (χ1) is 6.09. The van der Waals surface area contributed by atoms with Crippen molar-refractivity contribution in [1.82, 2.24) is 9.80 Å². The Morgan fingerprint density at radius 3 is 2.77 bits per heavy atom. The van der Waals surface area contributed by atoms with Crippen LogP contribution in [0.3, 0.4) is 0 Å². The van der Waals surface area contributed by atoms with E-state index in [0.29, 0.717) is 5.25 Å². The van der Waals surface area contributed by atoms with E-state index in [1.165, 1.54) is 0 Å². The van der Waals surface area contributed by atoms with Crippen molar-refractivity contribution < 1.29 is 4.21 Å². The third kappa shape index (κ3) is 3.75. The summed E-state index contributed by atoms with van der Waals surface area (Å²) in [7, 11) is 3.60. The summed E-state index contributed by atoms with van der Waals surface area (Å²) in [6.07, 6.45) is 0. The molecule has 1 heterocycles. The van der Waals surface area contributed by atoms with E-state index in [4.69, 9.17) is 0 Å². The van der Waals surface area contributed by atoms with E-state index in [1.54, 1.807) is 0 Å². The van der Waals surface area contributed by atoms with Crippen LogP contribution in [0.15, 0.2) is 0 Å². The molecule has 0 saturated carbocycles. The Morgan fingerprint density at radius 2 is 2.23 bits per heavy atom. The topological polar surface area (TPSA) is 23.6 Å². The molecule has 0 aromatic heterocycles. The fraction of sp³-hybridized carbons (Fsp3) is 1.00. The molecule has 0 N–H and O–H groups in total. The molecule has 2 unspecified atom stereocenters. The lowest BCUT2D eigenvalue weighted by Gasteiger charge is -2.31. The van der Waals surface area contributed by atoms with Crippen LogP contribution in [0.1, 0.15) is 6.92 Å². The van der Waals surface area contributed by atoms with Gasteiger partial charge >= 0.3 is 0 Å². The SMILES string of the molecule is CC1CN(CCN(C)C)CCS1=O. The molecule has 78 valence electrons. The van der Waals surface area contributed by atoms with Crippen LogP contribution < -0.4 is 0 Å². The fourth-order valence-electron chi connectivity index (χ4n) is 1.50. The number of rotatable bonds is 3. The highest BCUT2D eigenvalue weighted by atomic mass is 32.2. The number of hydrogen-bond acceptors (Lipinski definition) is 3. The average molecular weight is 204 g/mol. The molecular weight excluding hydrogens is 184 g/mol. The molecule has 0 spiro atoms. The molecule has 2 atom stereocenters. The Kier molecular flexibility index (Phi) is 4.35. The second-order valence-electron chi connectivity index (χ2n) is 4.00. The fourth-order valence-corrected chi connectivity index (χ4v) is 2.72. The van der Waals surface area contributed by atoms with Gasteiger partial charge in [-0.2, -0.15) is 0 Å². The minimum absolute atomic E-state index is 0.357. The number of likely N-dealkylation sites (N-methyl/N-ethyl adjacent to an activating group) is 1. The third-order valence-electron chi connectivity index (χ3n) is 2.44. The molecule has 13 heavy (non-hydrogen) atoms. The summed E-state index contributed by atoms with van der Waals surface area (Å²) < 4.78 is 11.4. The molecule has 0 aliphatic carbocycles. The van der Waals surface area contributed by atoms with E-state index in [1.807, 2.05) is 0 Å².